The number of benzene rings is 2. The molecule has 3 aromatic rings. The van der Waals surface area contributed by atoms with Crippen LogP contribution < -0.4 is 0 Å². The molecular formula is C16H11F3N2S3. The first kappa shape index (κ1) is 17.2. The van der Waals surface area contributed by atoms with Crippen molar-refractivity contribution < 1.29 is 13.2 Å². The Kier molecular flexibility index (Phi) is 5.07. The van der Waals surface area contributed by atoms with Gasteiger partial charge in [-0.25, -0.2) is 4.68 Å². The highest BCUT2D eigenvalue weighted by Gasteiger charge is 2.30. The highest BCUT2D eigenvalue weighted by Crippen LogP contribution is 2.32. The van der Waals surface area contributed by atoms with Crippen LogP contribution in [0.15, 0.2) is 58.9 Å². The minimum absolute atomic E-state index is 0.404. The minimum atomic E-state index is -4.33. The second kappa shape index (κ2) is 7.08. The quantitative estimate of drug-likeness (QED) is 0.407. The average Bonchev–Trinajstić information content (AvgIpc) is 2.94. The summed E-state index contributed by atoms with van der Waals surface area (Å²) in [6.45, 7) is 0. The summed E-state index contributed by atoms with van der Waals surface area (Å²) in [6.07, 6.45) is -4.33. The third kappa shape index (κ3) is 4.06. The second-order valence-corrected chi connectivity index (χ2v) is 7.71. The largest absolute Gasteiger partial charge is 0.416 e. The molecule has 0 saturated carbocycles. The molecule has 0 N–H and O–H groups in total. The molecule has 1 heterocycles. The monoisotopic (exact) mass is 384 g/mol. The van der Waals surface area contributed by atoms with Crippen molar-refractivity contribution in [2.75, 3.05) is 0 Å². The summed E-state index contributed by atoms with van der Waals surface area (Å²) < 4.78 is 41.2. The number of hydrogen-bond donors (Lipinski definition) is 0. The van der Waals surface area contributed by atoms with Crippen molar-refractivity contribution in [2.24, 2.45) is 0 Å². The molecule has 124 valence electrons. The van der Waals surface area contributed by atoms with Crippen molar-refractivity contribution in [1.82, 2.24) is 9.78 Å². The van der Waals surface area contributed by atoms with Gasteiger partial charge < -0.3 is 0 Å². The zero-order chi connectivity index (χ0) is 17.2. The van der Waals surface area contributed by atoms with Crippen LogP contribution in [0.3, 0.4) is 0 Å². The first-order valence-electron chi connectivity index (χ1n) is 6.88. The molecule has 0 aliphatic heterocycles. The lowest BCUT2D eigenvalue weighted by Crippen LogP contribution is -2.04. The second-order valence-electron chi connectivity index (χ2n) is 4.87. The molecule has 0 atom stereocenters. The molecule has 0 amide bonds. The fourth-order valence-electron chi connectivity index (χ4n) is 2.03. The molecule has 0 spiro atoms. The number of para-hydroxylation sites is 1. The third-order valence-corrected chi connectivity index (χ3v) is 5.58. The van der Waals surface area contributed by atoms with Crippen LogP contribution in [0.4, 0.5) is 13.2 Å². The normalized spacial score (nSPS) is 11.6. The third-order valence-electron chi connectivity index (χ3n) is 3.15. The van der Waals surface area contributed by atoms with Gasteiger partial charge in [0.2, 0.25) is 0 Å². The van der Waals surface area contributed by atoms with Gasteiger partial charge in [0.05, 0.1) is 11.3 Å². The first-order valence-corrected chi connectivity index (χ1v) is 9.09. The molecule has 0 fully saturated rings. The molecule has 0 aliphatic rings. The van der Waals surface area contributed by atoms with Gasteiger partial charge in [-0.1, -0.05) is 59.5 Å². The Morgan fingerprint density at radius 2 is 1.83 bits per heavy atom. The number of alkyl halides is 3. The molecule has 0 bridgehead atoms. The maximum Gasteiger partial charge on any atom is 0.416 e. The summed E-state index contributed by atoms with van der Waals surface area (Å²) >= 11 is 8.03. The SMILES string of the molecule is FC(F)(F)c1cccc(CSc2nn(-c3ccccc3)c(=S)s2)c1. The lowest BCUT2D eigenvalue weighted by molar-refractivity contribution is -0.137. The van der Waals surface area contributed by atoms with E-state index in [0.717, 1.165) is 16.1 Å². The van der Waals surface area contributed by atoms with Crippen molar-refractivity contribution in [2.45, 2.75) is 16.3 Å². The summed E-state index contributed by atoms with van der Waals surface area (Å²) in [4.78, 5) is 0. The standard InChI is InChI=1S/C16H11F3N2S3/c17-16(18,19)12-6-4-5-11(9-12)10-23-14-20-21(15(22)24-14)13-7-2-1-3-8-13/h1-9H,10H2. The van der Waals surface area contributed by atoms with Gasteiger partial charge >= 0.3 is 6.18 Å². The van der Waals surface area contributed by atoms with E-state index in [9.17, 15) is 13.2 Å². The van der Waals surface area contributed by atoms with Crippen LogP contribution in [0, 0.1) is 3.95 Å². The summed E-state index contributed by atoms with van der Waals surface area (Å²) in [5.41, 5.74) is 0.829. The smallest absolute Gasteiger partial charge is 0.211 e. The Bertz CT molecular complexity index is 885. The van der Waals surface area contributed by atoms with Gasteiger partial charge in [0.1, 0.15) is 0 Å². The molecule has 2 nitrogen and oxygen atoms in total. The molecule has 0 saturated heterocycles. The van der Waals surface area contributed by atoms with Crippen molar-refractivity contribution in [3.05, 3.63) is 69.7 Å². The number of aromatic nitrogens is 2. The summed E-state index contributed by atoms with van der Waals surface area (Å²) in [6, 6.07) is 14.8. The molecule has 24 heavy (non-hydrogen) atoms. The van der Waals surface area contributed by atoms with Gasteiger partial charge in [-0.3, -0.25) is 0 Å². The van der Waals surface area contributed by atoms with Gasteiger partial charge in [-0.05, 0) is 36.0 Å². The topological polar surface area (TPSA) is 17.8 Å². The Balaban J connectivity index is 1.76. The van der Waals surface area contributed by atoms with E-state index in [1.54, 1.807) is 10.7 Å². The molecule has 1 aromatic heterocycles. The number of hydrogen-bond acceptors (Lipinski definition) is 4. The van der Waals surface area contributed by atoms with Crippen molar-refractivity contribution in [3.63, 3.8) is 0 Å². The van der Waals surface area contributed by atoms with Crippen molar-refractivity contribution in [3.8, 4) is 5.69 Å². The lowest BCUT2D eigenvalue weighted by atomic mass is 10.1. The van der Waals surface area contributed by atoms with Gasteiger partial charge in [-0.2, -0.15) is 13.2 Å². The number of halogens is 3. The Morgan fingerprint density at radius 3 is 2.54 bits per heavy atom. The lowest BCUT2D eigenvalue weighted by Gasteiger charge is -2.07. The van der Waals surface area contributed by atoms with Crippen LogP contribution >= 0.6 is 35.3 Å². The van der Waals surface area contributed by atoms with E-state index in [0.29, 0.717) is 15.3 Å². The Morgan fingerprint density at radius 1 is 1.08 bits per heavy atom. The van der Waals surface area contributed by atoms with Crippen molar-refractivity contribution in [1.29, 1.82) is 0 Å². The van der Waals surface area contributed by atoms with Crippen LogP contribution in [-0.4, -0.2) is 9.78 Å². The molecule has 2 aromatic carbocycles. The van der Waals surface area contributed by atoms with Crippen LogP contribution in [0.25, 0.3) is 5.69 Å². The molecule has 8 heteroatoms. The minimum Gasteiger partial charge on any atom is -0.211 e. The molecule has 0 unspecified atom stereocenters. The number of nitrogens with zero attached hydrogens (tertiary/aromatic N) is 2. The van der Waals surface area contributed by atoms with E-state index in [-0.39, 0.29) is 0 Å². The van der Waals surface area contributed by atoms with Gasteiger partial charge in [0.25, 0.3) is 0 Å². The first-order chi connectivity index (χ1) is 11.4. The highest BCUT2D eigenvalue weighted by molar-refractivity contribution is 8.00. The van der Waals surface area contributed by atoms with Crippen LogP contribution in [0.2, 0.25) is 0 Å². The predicted octanol–water partition coefficient (Wildman–Crippen LogP) is 5.97. The highest BCUT2D eigenvalue weighted by atomic mass is 32.2. The van der Waals surface area contributed by atoms with Gasteiger partial charge in [0.15, 0.2) is 8.29 Å². The zero-order valence-electron chi connectivity index (χ0n) is 12.2. The van der Waals surface area contributed by atoms with E-state index in [2.05, 4.69) is 5.10 Å². The maximum atomic E-state index is 12.7. The zero-order valence-corrected chi connectivity index (χ0v) is 14.6. The number of thioether (sulfide) groups is 1. The molecule has 0 radical (unpaired) electrons. The van der Waals surface area contributed by atoms with Crippen LogP contribution in [0.5, 0.6) is 0 Å². The Labute approximate surface area is 150 Å². The summed E-state index contributed by atoms with van der Waals surface area (Å²) in [5, 5.41) is 4.44. The van der Waals surface area contributed by atoms with Crippen molar-refractivity contribution >= 4 is 35.3 Å². The van der Waals surface area contributed by atoms with E-state index < -0.39 is 11.7 Å². The van der Waals surface area contributed by atoms with E-state index >= 15 is 0 Å². The Hall–Kier alpha value is -1.64. The molecular weight excluding hydrogens is 373 g/mol. The van der Waals surface area contributed by atoms with E-state index in [1.807, 2.05) is 30.3 Å². The van der Waals surface area contributed by atoms with E-state index in [1.165, 1.54) is 35.2 Å². The predicted molar refractivity (Wildman–Crippen MR) is 93.3 cm³/mol. The average molecular weight is 384 g/mol. The van der Waals surface area contributed by atoms with Gasteiger partial charge in [-0.15, -0.1) is 5.10 Å². The van der Waals surface area contributed by atoms with Crippen LogP contribution in [-0.2, 0) is 11.9 Å². The summed E-state index contributed by atoms with van der Waals surface area (Å²) in [7, 11) is 0. The van der Waals surface area contributed by atoms with E-state index in [4.69, 9.17) is 12.2 Å². The maximum absolute atomic E-state index is 12.7. The molecule has 3 rings (SSSR count). The molecule has 0 aliphatic carbocycles. The van der Waals surface area contributed by atoms with Crippen LogP contribution in [0.1, 0.15) is 11.1 Å². The summed E-state index contributed by atoms with van der Waals surface area (Å²) in [5.74, 6) is 0.404. The van der Waals surface area contributed by atoms with Gasteiger partial charge in [0, 0.05) is 5.75 Å². The fraction of sp³-hybridized carbons (Fsp3) is 0.125. The fourth-order valence-corrected chi connectivity index (χ4v) is 4.34. The number of rotatable bonds is 4.